The lowest BCUT2D eigenvalue weighted by atomic mass is 10.4. The molecule has 0 aromatic rings. The number of amides is 1. The van der Waals surface area contributed by atoms with E-state index in [1.807, 2.05) is 0 Å². The Morgan fingerprint density at radius 1 is 1.82 bits per heavy atom. The third kappa shape index (κ3) is 4.50. The Labute approximate surface area is 66.5 Å². The first-order valence-corrected chi connectivity index (χ1v) is 3.45. The maximum atomic E-state index is 10.8. The molecule has 11 heavy (non-hydrogen) atoms. The van der Waals surface area contributed by atoms with E-state index in [1.165, 1.54) is 18.2 Å². The maximum Gasteiger partial charge on any atom is 0.224 e. The van der Waals surface area contributed by atoms with Crippen LogP contribution in [0.15, 0.2) is 4.99 Å². The molecule has 4 heteroatoms. The van der Waals surface area contributed by atoms with E-state index >= 15 is 0 Å². The monoisotopic (exact) mass is 158 g/mol. The molecule has 1 atom stereocenters. The number of aliphatic imine (C=N–C) groups is 1. The Hall–Kier alpha value is -0.900. The van der Waals surface area contributed by atoms with Crippen molar-refractivity contribution in [2.45, 2.75) is 20.0 Å². The molecule has 4 nitrogen and oxygen atoms in total. The third-order valence-electron chi connectivity index (χ3n) is 1.12. The van der Waals surface area contributed by atoms with Crippen molar-refractivity contribution < 1.29 is 9.90 Å². The third-order valence-corrected chi connectivity index (χ3v) is 1.12. The zero-order valence-electron chi connectivity index (χ0n) is 7.11. The van der Waals surface area contributed by atoms with Gasteiger partial charge in [0.2, 0.25) is 5.91 Å². The number of carbonyl (C=O) groups is 1. The normalized spacial score (nSPS) is 13.5. The summed E-state index contributed by atoms with van der Waals surface area (Å²) in [5.41, 5.74) is 0. The van der Waals surface area contributed by atoms with Gasteiger partial charge in [-0.25, -0.2) is 0 Å². The Bertz CT molecular complexity index is 155. The molecule has 0 aromatic carbocycles. The van der Waals surface area contributed by atoms with Crippen LogP contribution < -0.4 is 0 Å². The van der Waals surface area contributed by atoms with Gasteiger partial charge in [-0.3, -0.25) is 9.79 Å². The first-order valence-electron chi connectivity index (χ1n) is 3.45. The highest BCUT2D eigenvalue weighted by Gasteiger charge is 2.07. The summed E-state index contributed by atoms with van der Waals surface area (Å²) in [4.78, 5) is 15.8. The summed E-state index contributed by atoms with van der Waals surface area (Å²) in [6.07, 6.45) is 0.895. The lowest BCUT2D eigenvalue weighted by Gasteiger charge is -2.16. The minimum Gasteiger partial charge on any atom is -0.392 e. The van der Waals surface area contributed by atoms with Gasteiger partial charge < -0.3 is 10.0 Å². The lowest BCUT2D eigenvalue weighted by Crippen LogP contribution is -2.33. The highest BCUT2D eigenvalue weighted by atomic mass is 16.3. The molecule has 64 valence electrons. The molecule has 0 saturated carbocycles. The van der Waals surface area contributed by atoms with Crippen LogP contribution in [0.5, 0.6) is 0 Å². The second kappa shape index (κ2) is 4.85. The molecule has 0 bridgehead atoms. The molecule has 1 N–H and O–H groups in total. The summed E-state index contributed by atoms with van der Waals surface area (Å²) in [6.45, 7) is 3.36. The Morgan fingerprint density at radius 3 is 2.64 bits per heavy atom. The number of carbonyl (C=O) groups excluding carboxylic acids is 1. The summed E-state index contributed by atoms with van der Waals surface area (Å²) >= 11 is 0. The average Bonchev–Trinajstić information content (AvgIpc) is 1.86. The molecule has 0 aliphatic carbocycles. The van der Waals surface area contributed by atoms with Crippen molar-refractivity contribution in [1.29, 1.82) is 0 Å². The van der Waals surface area contributed by atoms with Crippen molar-refractivity contribution in [3.05, 3.63) is 0 Å². The molecule has 0 rings (SSSR count). The van der Waals surface area contributed by atoms with E-state index in [1.54, 1.807) is 14.0 Å². The quantitative estimate of drug-likeness (QED) is 0.459. The van der Waals surface area contributed by atoms with Crippen LogP contribution in [0.3, 0.4) is 0 Å². The molecule has 0 spiro atoms. The Kier molecular flexibility index (Phi) is 4.45. The van der Waals surface area contributed by atoms with Gasteiger partial charge in [0, 0.05) is 14.0 Å². The number of nitrogens with zero attached hydrogens (tertiary/aromatic N) is 2. The number of rotatable bonds is 3. The zero-order valence-corrected chi connectivity index (χ0v) is 7.11. The summed E-state index contributed by atoms with van der Waals surface area (Å²) in [5.74, 6) is -0.114. The van der Waals surface area contributed by atoms with E-state index in [9.17, 15) is 4.79 Å². The second-order valence-corrected chi connectivity index (χ2v) is 2.39. The van der Waals surface area contributed by atoms with Crippen LogP contribution in [0.2, 0.25) is 0 Å². The first kappa shape index (κ1) is 10.1. The van der Waals surface area contributed by atoms with Crippen molar-refractivity contribution >= 4 is 12.2 Å². The molecule has 0 heterocycles. The van der Waals surface area contributed by atoms with E-state index in [2.05, 4.69) is 4.99 Å². The van der Waals surface area contributed by atoms with Gasteiger partial charge in [0.1, 0.15) is 0 Å². The van der Waals surface area contributed by atoms with Gasteiger partial charge in [-0.1, -0.05) is 0 Å². The summed E-state index contributed by atoms with van der Waals surface area (Å²) in [6, 6.07) is 0. The van der Waals surface area contributed by atoms with Crippen molar-refractivity contribution in [1.82, 2.24) is 4.90 Å². The largest absolute Gasteiger partial charge is 0.392 e. The van der Waals surface area contributed by atoms with Gasteiger partial charge in [-0.05, 0) is 6.92 Å². The smallest absolute Gasteiger partial charge is 0.224 e. The van der Waals surface area contributed by atoms with Crippen LogP contribution in [0.25, 0.3) is 0 Å². The molecule has 0 fully saturated rings. The van der Waals surface area contributed by atoms with E-state index in [4.69, 9.17) is 5.11 Å². The number of aliphatic hydroxyl groups excluding tert-OH is 1. The minimum absolute atomic E-state index is 0.114. The van der Waals surface area contributed by atoms with Crippen LogP contribution in [0, 0.1) is 0 Å². The number of hydrogen-bond donors (Lipinski definition) is 1. The molecular formula is C7H14N2O2. The van der Waals surface area contributed by atoms with E-state index < -0.39 is 6.10 Å². The van der Waals surface area contributed by atoms with Crippen LogP contribution in [-0.4, -0.2) is 41.9 Å². The highest BCUT2D eigenvalue weighted by molar-refractivity contribution is 5.85. The van der Waals surface area contributed by atoms with E-state index in [0.717, 1.165) is 0 Å². The summed E-state index contributed by atoms with van der Waals surface area (Å²) in [5, 5.41) is 8.94. The molecule has 0 radical (unpaired) electrons. The van der Waals surface area contributed by atoms with Crippen molar-refractivity contribution in [3.8, 4) is 0 Å². The van der Waals surface area contributed by atoms with Crippen molar-refractivity contribution in [3.63, 3.8) is 0 Å². The fourth-order valence-electron chi connectivity index (χ4n) is 0.681. The SMILES string of the molecule is CN=CN(CC(C)O)C(C)=O. The lowest BCUT2D eigenvalue weighted by molar-refractivity contribution is -0.125. The fourth-order valence-corrected chi connectivity index (χ4v) is 0.681. The van der Waals surface area contributed by atoms with Crippen molar-refractivity contribution in [2.75, 3.05) is 13.6 Å². The van der Waals surface area contributed by atoms with Gasteiger partial charge in [0.25, 0.3) is 0 Å². The van der Waals surface area contributed by atoms with Crippen LogP contribution in [0.4, 0.5) is 0 Å². The molecule has 1 amide bonds. The van der Waals surface area contributed by atoms with Gasteiger partial charge in [-0.2, -0.15) is 0 Å². The van der Waals surface area contributed by atoms with Gasteiger partial charge >= 0.3 is 0 Å². The van der Waals surface area contributed by atoms with E-state index in [-0.39, 0.29) is 5.91 Å². The van der Waals surface area contributed by atoms with Crippen molar-refractivity contribution in [2.24, 2.45) is 4.99 Å². The van der Waals surface area contributed by atoms with Crippen LogP contribution >= 0.6 is 0 Å². The highest BCUT2D eigenvalue weighted by Crippen LogP contribution is 1.89. The maximum absolute atomic E-state index is 10.8. The minimum atomic E-state index is -0.517. The van der Waals surface area contributed by atoms with Crippen LogP contribution in [0.1, 0.15) is 13.8 Å². The first-order chi connectivity index (χ1) is 5.07. The zero-order chi connectivity index (χ0) is 8.85. The topological polar surface area (TPSA) is 52.9 Å². The number of aliphatic hydroxyl groups is 1. The Balaban J connectivity index is 4.00. The predicted molar refractivity (Wildman–Crippen MR) is 43.5 cm³/mol. The standard InChI is InChI=1S/C7H14N2O2/c1-6(10)4-9(5-8-3)7(2)11/h5-6,10H,4H2,1-3H3. The number of hydrogen-bond acceptors (Lipinski definition) is 3. The summed E-state index contributed by atoms with van der Waals surface area (Å²) < 4.78 is 0. The predicted octanol–water partition coefficient (Wildman–Crippen LogP) is -0.126. The molecule has 0 saturated heterocycles. The molecular weight excluding hydrogens is 144 g/mol. The molecule has 1 unspecified atom stereocenters. The molecule has 0 aliphatic rings. The van der Waals surface area contributed by atoms with Crippen LogP contribution in [-0.2, 0) is 4.79 Å². The van der Waals surface area contributed by atoms with Gasteiger partial charge in [-0.15, -0.1) is 0 Å². The summed E-state index contributed by atoms with van der Waals surface area (Å²) in [7, 11) is 1.58. The van der Waals surface area contributed by atoms with Gasteiger partial charge in [0.15, 0.2) is 0 Å². The fraction of sp³-hybridized carbons (Fsp3) is 0.714. The van der Waals surface area contributed by atoms with E-state index in [0.29, 0.717) is 6.54 Å². The average molecular weight is 158 g/mol. The molecule has 0 aromatic heterocycles. The second-order valence-electron chi connectivity index (χ2n) is 2.39. The molecule has 0 aliphatic heterocycles. The Morgan fingerprint density at radius 2 is 2.36 bits per heavy atom. The van der Waals surface area contributed by atoms with Gasteiger partial charge in [0.05, 0.1) is 19.0 Å².